The van der Waals surface area contributed by atoms with E-state index in [1.54, 1.807) is 0 Å². The maximum Gasteiger partial charge on any atom is 0.152 e. The van der Waals surface area contributed by atoms with Crippen LogP contribution in [0.2, 0.25) is 5.02 Å². The van der Waals surface area contributed by atoms with Gasteiger partial charge in [-0.1, -0.05) is 35.9 Å². The van der Waals surface area contributed by atoms with Crippen LogP contribution in [0.25, 0.3) is 11.1 Å². The van der Waals surface area contributed by atoms with E-state index in [-0.39, 0.29) is 23.9 Å². The lowest BCUT2D eigenvalue weighted by molar-refractivity contribution is -0.124. The van der Waals surface area contributed by atoms with Crippen molar-refractivity contribution in [2.75, 3.05) is 0 Å². The summed E-state index contributed by atoms with van der Waals surface area (Å²) in [5.41, 5.74) is 4.58. The Morgan fingerprint density at radius 3 is 2.60 bits per heavy atom. The summed E-state index contributed by atoms with van der Waals surface area (Å²) in [5.74, 6) is 1.35. The molecule has 0 spiro atoms. The normalized spacial score (nSPS) is 19.9. The standard InChI is InChI=1S/C22H19ClO2/c1-4-5-16-12-20(24)21(22(16)25)18-11-15(8-7-14(18)3)17-9-6-13(2)10-19(17)23/h1,6-11,16,21H,5,12H2,2-3H3. The van der Waals surface area contributed by atoms with Crippen LogP contribution in [0, 0.1) is 32.1 Å². The van der Waals surface area contributed by atoms with Crippen LogP contribution in [0.1, 0.15) is 35.4 Å². The molecule has 0 saturated heterocycles. The van der Waals surface area contributed by atoms with E-state index in [0.29, 0.717) is 11.4 Å². The average Bonchev–Trinajstić information content (AvgIpc) is 2.83. The molecule has 126 valence electrons. The zero-order valence-electron chi connectivity index (χ0n) is 14.3. The molecule has 2 atom stereocenters. The van der Waals surface area contributed by atoms with Crippen molar-refractivity contribution in [1.29, 1.82) is 0 Å². The van der Waals surface area contributed by atoms with Crippen LogP contribution in [-0.4, -0.2) is 11.6 Å². The van der Waals surface area contributed by atoms with E-state index in [1.165, 1.54) is 0 Å². The van der Waals surface area contributed by atoms with Gasteiger partial charge in [0.2, 0.25) is 0 Å². The topological polar surface area (TPSA) is 34.1 Å². The van der Waals surface area contributed by atoms with Gasteiger partial charge in [-0.3, -0.25) is 9.59 Å². The van der Waals surface area contributed by atoms with E-state index in [4.69, 9.17) is 18.0 Å². The first-order valence-electron chi connectivity index (χ1n) is 8.29. The molecular formula is C22H19ClO2. The van der Waals surface area contributed by atoms with Gasteiger partial charge < -0.3 is 0 Å². The Kier molecular flexibility index (Phi) is 4.79. The van der Waals surface area contributed by atoms with Gasteiger partial charge in [0.05, 0.1) is 0 Å². The number of aryl methyl sites for hydroxylation is 2. The minimum Gasteiger partial charge on any atom is -0.298 e. The lowest BCUT2D eigenvalue weighted by Crippen LogP contribution is -2.16. The number of halogens is 1. The summed E-state index contributed by atoms with van der Waals surface area (Å²) in [6, 6.07) is 11.7. The molecule has 1 fully saturated rings. The van der Waals surface area contributed by atoms with Crippen molar-refractivity contribution in [3.05, 3.63) is 58.1 Å². The monoisotopic (exact) mass is 350 g/mol. The number of terminal acetylenes is 1. The van der Waals surface area contributed by atoms with Crippen LogP contribution < -0.4 is 0 Å². The molecule has 0 heterocycles. The largest absolute Gasteiger partial charge is 0.298 e. The summed E-state index contributed by atoms with van der Waals surface area (Å²) >= 11 is 6.38. The molecule has 1 saturated carbocycles. The number of carbonyl (C=O) groups excluding carboxylic acids is 2. The minimum atomic E-state index is -0.706. The number of ketones is 2. The zero-order valence-corrected chi connectivity index (χ0v) is 15.1. The van der Waals surface area contributed by atoms with Crippen LogP contribution in [0.3, 0.4) is 0 Å². The van der Waals surface area contributed by atoms with Crippen LogP contribution in [0.5, 0.6) is 0 Å². The fourth-order valence-electron chi connectivity index (χ4n) is 3.47. The van der Waals surface area contributed by atoms with Gasteiger partial charge in [-0.15, -0.1) is 12.3 Å². The smallest absolute Gasteiger partial charge is 0.152 e. The first-order chi connectivity index (χ1) is 11.9. The van der Waals surface area contributed by atoms with E-state index in [0.717, 1.165) is 27.8 Å². The van der Waals surface area contributed by atoms with Crippen molar-refractivity contribution in [2.24, 2.45) is 5.92 Å². The summed E-state index contributed by atoms with van der Waals surface area (Å²) in [6.07, 6.45) is 5.89. The molecule has 0 radical (unpaired) electrons. The first kappa shape index (κ1) is 17.5. The lowest BCUT2D eigenvalue weighted by Gasteiger charge is -2.15. The van der Waals surface area contributed by atoms with Gasteiger partial charge in [-0.2, -0.15) is 0 Å². The molecule has 25 heavy (non-hydrogen) atoms. The van der Waals surface area contributed by atoms with Gasteiger partial charge in [-0.05, 0) is 48.2 Å². The van der Waals surface area contributed by atoms with Gasteiger partial charge >= 0.3 is 0 Å². The second-order valence-corrected chi connectivity index (χ2v) is 7.07. The summed E-state index contributed by atoms with van der Waals surface area (Å²) in [7, 11) is 0. The predicted octanol–water partition coefficient (Wildman–Crippen LogP) is 4.89. The third kappa shape index (κ3) is 3.25. The molecule has 0 amide bonds. The SMILES string of the molecule is C#CCC1CC(=O)C(c2cc(-c3ccc(C)cc3Cl)ccc2C)C1=O. The molecule has 0 aliphatic heterocycles. The number of benzene rings is 2. The van der Waals surface area contributed by atoms with Crippen molar-refractivity contribution in [1.82, 2.24) is 0 Å². The van der Waals surface area contributed by atoms with Gasteiger partial charge in [-0.25, -0.2) is 0 Å². The van der Waals surface area contributed by atoms with Crippen LogP contribution >= 0.6 is 11.6 Å². The molecule has 0 N–H and O–H groups in total. The van der Waals surface area contributed by atoms with Crippen LogP contribution in [-0.2, 0) is 9.59 Å². The van der Waals surface area contributed by atoms with Crippen LogP contribution in [0.4, 0.5) is 0 Å². The highest BCUT2D eigenvalue weighted by Gasteiger charge is 2.42. The maximum atomic E-state index is 12.7. The van der Waals surface area contributed by atoms with Gasteiger partial charge in [0.25, 0.3) is 0 Å². The van der Waals surface area contributed by atoms with Gasteiger partial charge in [0.15, 0.2) is 5.78 Å². The second-order valence-electron chi connectivity index (χ2n) is 6.67. The quantitative estimate of drug-likeness (QED) is 0.583. The fraction of sp³-hybridized carbons (Fsp3) is 0.273. The van der Waals surface area contributed by atoms with Crippen molar-refractivity contribution in [3.63, 3.8) is 0 Å². The number of hydrogen-bond donors (Lipinski definition) is 0. The second kappa shape index (κ2) is 6.86. The van der Waals surface area contributed by atoms with Crippen LogP contribution in [0.15, 0.2) is 36.4 Å². The van der Waals surface area contributed by atoms with E-state index >= 15 is 0 Å². The summed E-state index contributed by atoms with van der Waals surface area (Å²) in [5, 5.41) is 0.657. The van der Waals surface area contributed by atoms with Crippen molar-refractivity contribution >= 4 is 23.2 Å². The van der Waals surface area contributed by atoms with E-state index in [9.17, 15) is 9.59 Å². The minimum absolute atomic E-state index is 0.0412. The average molecular weight is 351 g/mol. The molecule has 2 aromatic rings. The maximum absolute atomic E-state index is 12.7. The number of rotatable bonds is 3. The Hall–Kier alpha value is -2.37. The Morgan fingerprint density at radius 1 is 1.16 bits per heavy atom. The number of hydrogen-bond acceptors (Lipinski definition) is 2. The van der Waals surface area contributed by atoms with Crippen molar-refractivity contribution in [3.8, 4) is 23.5 Å². The Balaban J connectivity index is 2.05. The Labute approximate surface area is 153 Å². The highest BCUT2D eigenvalue weighted by Crippen LogP contribution is 2.38. The Morgan fingerprint density at radius 2 is 1.92 bits per heavy atom. The molecule has 2 unspecified atom stereocenters. The number of Topliss-reactive ketones (excluding diaryl/α,β-unsaturated/α-hetero) is 2. The molecule has 0 aromatic heterocycles. The van der Waals surface area contributed by atoms with E-state index in [1.807, 2.05) is 50.2 Å². The molecule has 0 bridgehead atoms. The summed E-state index contributed by atoms with van der Waals surface area (Å²) in [6.45, 7) is 3.91. The van der Waals surface area contributed by atoms with E-state index < -0.39 is 5.92 Å². The van der Waals surface area contributed by atoms with Crippen molar-refractivity contribution < 1.29 is 9.59 Å². The molecule has 3 rings (SSSR count). The van der Waals surface area contributed by atoms with E-state index in [2.05, 4.69) is 5.92 Å². The fourth-order valence-corrected chi connectivity index (χ4v) is 3.81. The molecular weight excluding hydrogens is 332 g/mol. The highest BCUT2D eigenvalue weighted by molar-refractivity contribution is 6.33. The predicted molar refractivity (Wildman–Crippen MR) is 101 cm³/mol. The van der Waals surface area contributed by atoms with Gasteiger partial charge in [0.1, 0.15) is 11.7 Å². The molecule has 3 heteroatoms. The lowest BCUT2D eigenvalue weighted by atomic mass is 9.88. The highest BCUT2D eigenvalue weighted by atomic mass is 35.5. The van der Waals surface area contributed by atoms with Crippen molar-refractivity contribution in [2.45, 2.75) is 32.6 Å². The molecule has 1 aliphatic carbocycles. The third-order valence-corrected chi connectivity index (χ3v) is 5.16. The first-order valence-corrected chi connectivity index (χ1v) is 8.67. The zero-order chi connectivity index (χ0) is 18.1. The molecule has 2 aromatic carbocycles. The molecule has 2 nitrogen and oxygen atoms in total. The number of carbonyl (C=O) groups is 2. The Bertz CT molecular complexity index is 905. The van der Waals surface area contributed by atoms with Gasteiger partial charge in [0, 0.05) is 29.3 Å². The molecule has 1 aliphatic rings. The third-order valence-electron chi connectivity index (χ3n) is 4.85. The summed E-state index contributed by atoms with van der Waals surface area (Å²) < 4.78 is 0. The summed E-state index contributed by atoms with van der Waals surface area (Å²) in [4.78, 5) is 25.1.